The number of rotatable bonds is 5. The minimum Gasteiger partial charge on any atom is -0.494 e. The van der Waals surface area contributed by atoms with E-state index < -0.39 is 0 Å². The van der Waals surface area contributed by atoms with Crippen LogP contribution in [0.15, 0.2) is 24.3 Å². The number of para-hydroxylation sites is 1. The number of ether oxygens (including phenoxy) is 1. The molecule has 84 valence electrons. The summed E-state index contributed by atoms with van der Waals surface area (Å²) in [6.45, 7) is 7.11. The number of hydrogen-bond acceptors (Lipinski definition) is 2. The second-order valence-electron chi connectivity index (χ2n) is 4.35. The van der Waals surface area contributed by atoms with Gasteiger partial charge in [0.05, 0.1) is 6.61 Å². The molecule has 0 saturated heterocycles. The van der Waals surface area contributed by atoms with Crippen LogP contribution in [0.5, 0.6) is 5.75 Å². The van der Waals surface area contributed by atoms with Crippen molar-refractivity contribution < 1.29 is 4.74 Å². The topological polar surface area (TPSA) is 21.3 Å². The molecule has 0 aliphatic rings. The molecule has 1 aromatic rings. The summed E-state index contributed by atoms with van der Waals surface area (Å²) in [5.41, 5.74) is 1.37. The zero-order valence-electron chi connectivity index (χ0n) is 10.1. The standard InChI is InChI=1S/C13H21NO/c1-5-15-12-9-7-6-8-11(12)10-13(2,3)14-4/h6-9,14H,5,10H2,1-4H3. The molecule has 0 aliphatic carbocycles. The summed E-state index contributed by atoms with van der Waals surface area (Å²) >= 11 is 0. The van der Waals surface area contributed by atoms with Crippen molar-refractivity contribution in [3.05, 3.63) is 29.8 Å². The molecule has 0 heterocycles. The van der Waals surface area contributed by atoms with E-state index in [0.717, 1.165) is 18.8 Å². The highest BCUT2D eigenvalue weighted by Gasteiger charge is 2.17. The van der Waals surface area contributed by atoms with Gasteiger partial charge in [0.25, 0.3) is 0 Å². The molecule has 0 aliphatic heterocycles. The summed E-state index contributed by atoms with van der Waals surface area (Å²) in [4.78, 5) is 0. The molecule has 0 unspecified atom stereocenters. The lowest BCUT2D eigenvalue weighted by Crippen LogP contribution is -2.38. The Labute approximate surface area is 92.6 Å². The van der Waals surface area contributed by atoms with Gasteiger partial charge in [0.1, 0.15) is 5.75 Å². The fourth-order valence-electron chi connectivity index (χ4n) is 1.51. The predicted octanol–water partition coefficient (Wildman–Crippen LogP) is 2.63. The first kappa shape index (κ1) is 12.1. The van der Waals surface area contributed by atoms with Crippen molar-refractivity contribution in [2.24, 2.45) is 0 Å². The van der Waals surface area contributed by atoms with Gasteiger partial charge in [0.15, 0.2) is 0 Å². The van der Waals surface area contributed by atoms with E-state index in [1.54, 1.807) is 0 Å². The Hall–Kier alpha value is -1.02. The van der Waals surface area contributed by atoms with Gasteiger partial charge in [-0.3, -0.25) is 0 Å². The molecule has 0 radical (unpaired) electrons. The SMILES string of the molecule is CCOc1ccccc1CC(C)(C)NC. The Bertz CT molecular complexity index is 307. The van der Waals surface area contributed by atoms with Gasteiger partial charge >= 0.3 is 0 Å². The van der Waals surface area contributed by atoms with Crippen molar-refractivity contribution in [3.63, 3.8) is 0 Å². The summed E-state index contributed by atoms with van der Waals surface area (Å²) < 4.78 is 5.60. The fraction of sp³-hybridized carbons (Fsp3) is 0.538. The molecular formula is C13H21NO. The highest BCUT2D eigenvalue weighted by atomic mass is 16.5. The van der Waals surface area contributed by atoms with E-state index in [1.165, 1.54) is 5.56 Å². The minimum absolute atomic E-state index is 0.104. The summed E-state index contributed by atoms with van der Waals surface area (Å²) in [6, 6.07) is 8.24. The van der Waals surface area contributed by atoms with Crippen LogP contribution in [0, 0.1) is 0 Å². The molecule has 2 heteroatoms. The average molecular weight is 207 g/mol. The fourth-order valence-corrected chi connectivity index (χ4v) is 1.51. The van der Waals surface area contributed by atoms with E-state index in [1.807, 2.05) is 26.1 Å². The molecule has 0 atom stereocenters. The maximum absolute atomic E-state index is 5.60. The molecular weight excluding hydrogens is 186 g/mol. The number of hydrogen-bond donors (Lipinski definition) is 1. The Morgan fingerprint density at radius 3 is 2.53 bits per heavy atom. The summed E-state index contributed by atoms with van der Waals surface area (Å²) in [5, 5.41) is 3.30. The van der Waals surface area contributed by atoms with Gasteiger partial charge in [-0.1, -0.05) is 18.2 Å². The maximum Gasteiger partial charge on any atom is 0.122 e. The van der Waals surface area contributed by atoms with E-state index in [-0.39, 0.29) is 5.54 Å². The van der Waals surface area contributed by atoms with Gasteiger partial charge in [-0.2, -0.15) is 0 Å². The molecule has 0 saturated carbocycles. The van der Waals surface area contributed by atoms with Crippen LogP contribution in [0.2, 0.25) is 0 Å². The van der Waals surface area contributed by atoms with Crippen LogP contribution in [0.3, 0.4) is 0 Å². The number of nitrogens with one attached hydrogen (secondary N) is 1. The van der Waals surface area contributed by atoms with Crippen molar-refractivity contribution in [1.29, 1.82) is 0 Å². The molecule has 1 rings (SSSR count). The van der Waals surface area contributed by atoms with E-state index >= 15 is 0 Å². The van der Waals surface area contributed by atoms with Gasteiger partial charge in [-0.15, -0.1) is 0 Å². The van der Waals surface area contributed by atoms with Gasteiger partial charge in [0.2, 0.25) is 0 Å². The monoisotopic (exact) mass is 207 g/mol. The molecule has 15 heavy (non-hydrogen) atoms. The highest BCUT2D eigenvalue weighted by Crippen LogP contribution is 2.22. The van der Waals surface area contributed by atoms with Crippen molar-refractivity contribution in [2.45, 2.75) is 32.7 Å². The Morgan fingerprint density at radius 2 is 1.93 bits per heavy atom. The van der Waals surface area contributed by atoms with Crippen molar-refractivity contribution in [3.8, 4) is 5.75 Å². The third-order valence-corrected chi connectivity index (χ3v) is 2.58. The first-order chi connectivity index (χ1) is 7.09. The third kappa shape index (κ3) is 3.56. The largest absolute Gasteiger partial charge is 0.494 e. The number of likely N-dealkylation sites (N-methyl/N-ethyl adjacent to an activating group) is 1. The zero-order chi connectivity index (χ0) is 11.3. The Kier molecular flexibility index (Phi) is 4.15. The first-order valence-electron chi connectivity index (χ1n) is 5.48. The molecule has 0 spiro atoms. The predicted molar refractivity (Wildman–Crippen MR) is 64.5 cm³/mol. The molecule has 0 fully saturated rings. The normalized spacial score (nSPS) is 11.5. The maximum atomic E-state index is 5.60. The lowest BCUT2D eigenvalue weighted by molar-refractivity contribution is 0.330. The van der Waals surface area contributed by atoms with Crippen molar-refractivity contribution >= 4 is 0 Å². The lowest BCUT2D eigenvalue weighted by atomic mass is 9.95. The van der Waals surface area contributed by atoms with E-state index in [4.69, 9.17) is 4.74 Å². The number of benzene rings is 1. The first-order valence-corrected chi connectivity index (χ1v) is 5.48. The smallest absolute Gasteiger partial charge is 0.122 e. The van der Waals surface area contributed by atoms with Crippen LogP contribution in [-0.4, -0.2) is 19.2 Å². The summed E-state index contributed by atoms with van der Waals surface area (Å²) in [7, 11) is 1.99. The highest BCUT2D eigenvalue weighted by molar-refractivity contribution is 5.34. The molecule has 2 nitrogen and oxygen atoms in total. The Morgan fingerprint density at radius 1 is 1.27 bits per heavy atom. The third-order valence-electron chi connectivity index (χ3n) is 2.58. The molecule has 1 aromatic carbocycles. The van der Waals surface area contributed by atoms with Crippen molar-refractivity contribution in [1.82, 2.24) is 5.32 Å². The molecule has 0 amide bonds. The quantitative estimate of drug-likeness (QED) is 0.801. The molecule has 0 aromatic heterocycles. The van der Waals surface area contributed by atoms with Gasteiger partial charge < -0.3 is 10.1 Å². The van der Waals surface area contributed by atoms with Gasteiger partial charge in [0, 0.05) is 5.54 Å². The van der Waals surface area contributed by atoms with Crippen LogP contribution in [-0.2, 0) is 6.42 Å². The van der Waals surface area contributed by atoms with E-state index in [9.17, 15) is 0 Å². The zero-order valence-corrected chi connectivity index (χ0v) is 10.1. The van der Waals surface area contributed by atoms with Gasteiger partial charge in [-0.25, -0.2) is 0 Å². The van der Waals surface area contributed by atoms with Crippen molar-refractivity contribution in [2.75, 3.05) is 13.7 Å². The van der Waals surface area contributed by atoms with Crippen LogP contribution in [0.4, 0.5) is 0 Å². The Balaban J connectivity index is 2.84. The van der Waals surface area contributed by atoms with E-state index in [2.05, 4.69) is 31.3 Å². The molecule has 1 N–H and O–H groups in total. The summed E-state index contributed by atoms with van der Waals surface area (Å²) in [6.07, 6.45) is 0.972. The average Bonchev–Trinajstić information content (AvgIpc) is 2.21. The second kappa shape index (κ2) is 5.17. The van der Waals surface area contributed by atoms with E-state index in [0.29, 0.717) is 0 Å². The lowest BCUT2D eigenvalue weighted by Gasteiger charge is -2.25. The van der Waals surface area contributed by atoms with Gasteiger partial charge in [-0.05, 0) is 45.9 Å². The van der Waals surface area contributed by atoms with Crippen LogP contribution >= 0.6 is 0 Å². The van der Waals surface area contributed by atoms with Crippen LogP contribution in [0.25, 0.3) is 0 Å². The summed E-state index contributed by atoms with van der Waals surface area (Å²) in [5.74, 6) is 1.00. The second-order valence-corrected chi connectivity index (χ2v) is 4.35. The van der Waals surface area contributed by atoms with Crippen LogP contribution < -0.4 is 10.1 Å². The molecule has 0 bridgehead atoms. The van der Waals surface area contributed by atoms with Crippen LogP contribution in [0.1, 0.15) is 26.3 Å². The minimum atomic E-state index is 0.104.